The first-order valence-electron chi connectivity index (χ1n) is 6.99. The van der Waals surface area contributed by atoms with Crippen molar-refractivity contribution in [3.8, 4) is 5.88 Å². The molecule has 6 nitrogen and oxygen atoms in total. The number of ether oxygens (including phenoxy) is 1. The molecule has 2 unspecified atom stereocenters. The molecular formula is C15H20N2O4. The average molecular weight is 292 g/mol. The van der Waals surface area contributed by atoms with Crippen molar-refractivity contribution in [1.82, 2.24) is 9.88 Å². The zero-order valence-electron chi connectivity index (χ0n) is 12.5. The number of pyridine rings is 1. The molecule has 1 aromatic heterocycles. The number of rotatable bonds is 3. The second-order valence-electron chi connectivity index (χ2n) is 5.49. The minimum absolute atomic E-state index is 0.239. The van der Waals surface area contributed by atoms with Crippen LogP contribution in [-0.2, 0) is 4.79 Å². The number of aryl methyl sites for hydroxylation is 1. The van der Waals surface area contributed by atoms with Gasteiger partial charge in [-0.3, -0.25) is 4.79 Å². The standard InChI is InChI=1S/C15H20N2O4/c1-9-6-7-17(12(8-9)15(19)20)14(18)11-5-4-10(2)16-13(11)21-3/h4-5,9,12H,6-8H2,1-3H3,(H,19,20). The van der Waals surface area contributed by atoms with Gasteiger partial charge in [0.25, 0.3) is 5.91 Å². The second-order valence-corrected chi connectivity index (χ2v) is 5.49. The molecule has 0 saturated carbocycles. The van der Waals surface area contributed by atoms with Crippen LogP contribution in [0.3, 0.4) is 0 Å². The van der Waals surface area contributed by atoms with Crippen LogP contribution in [0.4, 0.5) is 0 Å². The summed E-state index contributed by atoms with van der Waals surface area (Å²) in [6.45, 7) is 4.25. The number of hydrogen-bond acceptors (Lipinski definition) is 4. The lowest BCUT2D eigenvalue weighted by Crippen LogP contribution is -2.49. The van der Waals surface area contributed by atoms with E-state index in [9.17, 15) is 14.7 Å². The Morgan fingerprint density at radius 3 is 2.76 bits per heavy atom. The summed E-state index contributed by atoms with van der Waals surface area (Å²) >= 11 is 0. The lowest BCUT2D eigenvalue weighted by molar-refractivity contribution is -0.144. The Morgan fingerprint density at radius 2 is 2.14 bits per heavy atom. The Labute approximate surface area is 123 Å². The minimum Gasteiger partial charge on any atom is -0.480 e. The number of amides is 1. The van der Waals surface area contributed by atoms with Crippen LogP contribution >= 0.6 is 0 Å². The van der Waals surface area contributed by atoms with Gasteiger partial charge >= 0.3 is 5.97 Å². The van der Waals surface area contributed by atoms with Crippen molar-refractivity contribution >= 4 is 11.9 Å². The zero-order valence-corrected chi connectivity index (χ0v) is 12.5. The molecule has 1 amide bonds. The first kappa shape index (κ1) is 15.3. The van der Waals surface area contributed by atoms with Crippen LogP contribution in [0.2, 0.25) is 0 Å². The van der Waals surface area contributed by atoms with Gasteiger partial charge in [-0.05, 0) is 37.8 Å². The van der Waals surface area contributed by atoms with Crippen molar-refractivity contribution in [3.05, 3.63) is 23.4 Å². The van der Waals surface area contributed by atoms with Gasteiger partial charge in [0, 0.05) is 12.2 Å². The molecule has 0 aromatic carbocycles. The second kappa shape index (κ2) is 6.11. The monoisotopic (exact) mass is 292 g/mol. The van der Waals surface area contributed by atoms with E-state index in [0.717, 1.165) is 12.1 Å². The molecule has 1 aromatic rings. The number of aliphatic carboxylic acids is 1. The minimum atomic E-state index is -0.964. The summed E-state index contributed by atoms with van der Waals surface area (Å²) in [5.41, 5.74) is 1.05. The van der Waals surface area contributed by atoms with Crippen LogP contribution in [0.15, 0.2) is 12.1 Å². The fourth-order valence-electron chi connectivity index (χ4n) is 2.62. The van der Waals surface area contributed by atoms with Crippen molar-refractivity contribution in [2.24, 2.45) is 5.92 Å². The molecule has 2 heterocycles. The number of piperidine rings is 1. The van der Waals surface area contributed by atoms with Crippen LogP contribution in [-0.4, -0.2) is 46.6 Å². The highest BCUT2D eigenvalue weighted by Gasteiger charge is 2.36. The van der Waals surface area contributed by atoms with E-state index in [0.29, 0.717) is 24.4 Å². The molecule has 0 aliphatic carbocycles. The van der Waals surface area contributed by atoms with Crippen molar-refractivity contribution in [2.75, 3.05) is 13.7 Å². The molecule has 1 aliphatic heterocycles. The molecule has 0 bridgehead atoms. The fourth-order valence-corrected chi connectivity index (χ4v) is 2.62. The summed E-state index contributed by atoms with van der Waals surface area (Å²) in [5, 5.41) is 9.35. The summed E-state index contributed by atoms with van der Waals surface area (Å²) in [6, 6.07) is 2.57. The molecule has 0 spiro atoms. The Balaban J connectivity index is 2.32. The number of aromatic nitrogens is 1. The Bertz CT molecular complexity index is 559. The summed E-state index contributed by atoms with van der Waals surface area (Å²) in [5.74, 6) is -0.761. The van der Waals surface area contributed by atoms with E-state index < -0.39 is 12.0 Å². The van der Waals surface area contributed by atoms with E-state index in [1.54, 1.807) is 19.1 Å². The van der Waals surface area contributed by atoms with Gasteiger partial charge in [-0.25, -0.2) is 9.78 Å². The molecule has 21 heavy (non-hydrogen) atoms. The van der Waals surface area contributed by atoms with Crippen molar-refractivity contribution in [2.45, 2.75) is 32.7 Å². The van der Waals surface area contributed by atoms with E-state index in [-0.39, 0.29) is 11.8 Å². The van der Waals surface area contributed by atoms with Gasteiger partial charge in [-0.2, -0.15) is 0 Å². The van der Waals surface area contributed by atoms with Gasteiger partial charge in [-0.15, -0.1) is 0 Å². The van der Waals surface area contributed by atoms with Crippen molar-refractivity contribution in [1.29, 1.82) is 0 Å². The van der Waals surface area contributed by atoms with Gasteiger partial charge in [0.1, 0.15) is 11.6 Å². The normalized spacial score (nSPS) is 22.0. The molecule has 2 atom stereocenters. The molecule has 1 saturated heterocycles. The van der Waals surface area contributed by atoms with Gasteiger partial charge in [0.15, 0.2) is 0 Å². The highest BCUT2D eigenvalue weighted by atomic mass is 16.5. The summed E-state index contributed by atoms with van der Waals surface area (Å²) < 4.78 is 5.15. The van der Waals surface area contributed by atoms with E-state index in [1.165, 1.54) is 12.0 Å². The number of nitrogens with zero attached hydrogens (tertiary/aromatic N) is 2. The third kappa shape index (κ3) is 3.15. The number of likely N-dealkylation sites (tertiary alicyclic amines) is 1. The van der Waals surface area contributed by atoms with Gasteiger partial charge in [-0.1, -0.05) is 6.92 Å². The van der Waals surface area contributed by atoms with Crippen LogP contribution in [0.25, 0.3) is 0 Å². The number of carbonyl (C=O) groups is 2. The zero-order chi connectivity index (χ0) is 15.6. The smallest absolute Gasteiger partial charge is 0.326 e. The topological polar surface area (TPSA) is 79.7 Å². The van der Waals surface area contributed by atoms with Gasteiger partial charge in [0.2, 0.25) is 5.88 Å². The molecule has 1 fully saturated rings. The SMILES string of the molecule is COc1nc(C)ccc1C(=O)N1CCC(C)CC1C(=O)O. The number of methoxy groups -OCH3 is 1. The Hall–Kier alpha value is -2.11. The molecule has 0 radical (unpaired) electrons. The first-order valence-corrected chi connectivity index (χ1v) is 6.99. The molecule has 114 valence electrons. The maximum atomic E-state index is 12.7. The maximum absolute atomic E-state index is 12.7. The molecule has 1 N–H and O–H groups in total. The van der Waals surface area contributed by atoms with Crippen molar-refractivity contribution in [3.63, 3.8) is 0 Å². The number of carboxylic acid groups (broad SMARTS) is 1. The van der Waals surface area contributed by atoms with Gasteiger partial charge in [0.05, 0.1) is 7.11 Å². The fraction of sp³-hybridized carbons (Fsp3) is 0.533. The van der Waals surface area contributed by atoms with Crippen LogP contribution in [0.5, 0.6) is 5.88 Å². The average Bonchev–Trinajstić information content (AvgIpc) is 2.46. The van der Waals surface area contributed by atoms with Crippen LogP contribution in [0.1, 0.15) is 35.8 Å². The van der Waals surface area contributed by atoms with E-state index in [2.05, 4.69) is 4.98 Å². The molecule has 1 aliphatic rings. The molecule has 2 rings (SSSR count). The predicted molar refractivity (Wildman–Crippen MR) is 76.4 cm³/mol. The number of hydrogen-bond donors (Lipinski definition) is 1. The van der Waals surface area contributed by atoms with Crippen molar-refractivity contribution < 1.29 is 19.4 Å². The highest BCUT2D eigenvalue weighted by molar-refractivity contribution is 5.98. The molecular weight excluding hydrogens is 272 g/mol. The van der Waals surface area contributed by atoms with Crippen LogP contribution in [0, 0.1) is 12.8 Å². The van der Waals surface area contributed by atoms with E-state index in [4.69, 9.17) is 4.74 Å². The third-order valence-electron chi connectivity index (χ3n) is 3.83. The Morgan fingerprint density at radius 1 is 1.43 bits per heavy atom. The van der Waals surface area contributed by atoms with E-state index in [1.807, 2.05) is 6.92 Å². The third-order valence-corrected chi connectivity index (χ3v) is 3.83. The highest BCUT2D eigenvalue weighted by Crippen LogP contribution is 2.26. The number of carboxylic acids is 1. The largest absolute Gasteiger partial charge is 0.480 e. The summed E-state index contributed by atoms with van der Waals surface area (Å²) in [7, 11) is 1.45. The summed E-state index contributed by atoms with van der Waals surface area (Å²) in [4.78, 5) is 29.7. The quantitative estimate of drug-likeness (QED) is 0.917. The predicted octanol–water partition coefficient (Wildman–Crippen LogP) is 1.72. The summed E-state index contributed by atoms with van der Waals surface area (Å²) in [6.07, 6.45) is 1.28. The molecule has 6 heteroatoms. The lowest BCUT2D eigenvalue weighted by atomic mass is 9.92. The lowest BCUT2D eigenvalue weighted by Gasteiger charge is -2.36. The first-order chi connectivity index (χ1) is 9.93. The van der Waals surface area contributed by atoms with E-state index >= 15 is 0 Å². The van der Waals surface area contributed by atoms with Crippen LogP contribution < -0.4 is 4.74 Å². The van der Waals surface area contributed by atoms with Gasteiger partial charge < -0.3 is 14.7 Å². The number of carbonyl (C=O) groups excluding carboxylic acids is 1. The maximum Gasteiger partial charge on any atom is 0.326 e. The Kier molecular flexibility index (Phi) is 4.45.